The largest absolute Gasteiger partial charge is 0.297 e. The number of sulfonamides is 1. The normalized spacial score (nSPS) is 12.2. The van der Waals surface area contributed by atoms with Crippen molar-refractivity contribution in [3.63, 3.8) is 0 Å². The lowest BCUT2D eigenvalue weighted by atomic mass is 10.1. The number of hydrogen-bond donors (Lipinski definition) is 0. The van der Waals surface area contributed by atoms with Crippen molar-refractivity contribution in [3.8, 4) is 11.1 Å². The molecular formula is C24H27NO5S2. The van der Waals surface area contributed by atoms with Crippen molar-refractivity contribution in [3.05, 3.63) is 84.4 Å². The summed E-state index contributed by atoms with van der Waals surface area (Å²) in [5.74, 6) is 0. The predicted molar refractivity (Wildman–Crippen MR) is 125 cm³/mol. The van der Waals surface area contributed by atoms with Crippen molar-refractivity contribution < 1.29 is 21.0 Å². The minimum atomic E-state index is -3.96. The Labute approximate surface area is 190 Å². The van der Waals surface area contributed by atoms with E-state index in [1.165, 1.54) is 16.4 Å². The smallest absolute Gasteiger partial charge is 0.265 e. The van der Waals surface area contributed by atoms with Crippen LogP contribution in [-0.2, 0) is 24.3 Å². The Kier molecular flexibility index (Phi) is 7.84. The maximum Gasteiger partial charge on any atom is 0.297 e. The van der Waals surface area contributed by atoms with Gasteiger partial charge >= 0.3 is 0 Å². The Balaban J connectivity index is 1.72. The van der Waals surface area contributed by atoms with Crippen LogP contribution >= 0.6 is 0 Å². The molecule has 0 atom stereocenters. The van der Waals surface area contributed by atoms with Crippen LogP contribution in [0.2, 0.25) is 0 Å². The first-order valence-electron chi connectivity index (χ1n) is 10.4. The van der Waals surface area contributed by atoms with E-state index < -0.39 is 20.1 Å². The molecule has 0 aliphatic carbocycles. The summed E-state index contributed by atoms with van der Waals surface area (Å²) in [6, 6.07) is 22.7. The molecule has 3 rings (SSSR count). The van der Waals surface area contributed by atoms with Gasteiger partial charge in [0.2, 0.25) is 10.0 Å². The molecule has 32 heavy (non-hydrogen) atoms. The van der Waals surface area contributed by atoms with Crippen LogP contribution in [0.3, 0.4) is 0 Å². The van der Waals surface area contributed by atoms with Gasteiger partial charge < -0.3 is 0 Å². The summed E-state index contributed by atoms with van der Waals surface area (Å²) in [5.41, 5.74) is 2.85. The maximum absolute atomic E-state index is 13.2. The molecule has 8 heteroatoms. The zero-order valence-corrected chi connectivity index (χ0v) is 19.8. The highest BCUT2D eigenvalue weighted by molar-refractivity contribution is 7.89. The molecule has 0 aliphatic rings. The molecular weight excluding hydrogens is 446 g/mol. The van der Waals surface area contributed by atoms with E-state index in [1.807, 2.05) is 44.2 Å². The Morgan fingerprint density at radius 3 is 1.88 bits per heavy atom. The van der Waals surface area contributed by atoms with Gasteiger partial charge in [-0.1, -0.05) is 67.1 Å². The fourth-order valence-electron chi connectivity index (χ4n) is 3.22. The van der Waals surface area contributed by atoms with Gasteiger partial charge in [-0.05, 0) is 48.7 Å². The Morgan fingerprint density at radius 1 is 0.719 bits per heavy atom. The number of hydrogen-bond acceptors (Lipinski definition) is 5. The molecule has 0 radical (unpaired) electrons. The molecule has 170 valence electrons. The average Bonchev–Trinajstić information content (AvgIpc) is 2.79. The van der Waals surface area contributed by atoms with Gasteiger partial charge in [-0.3, -0.25) is 4.18 Å². The van der Waals surface area contributed by atoms with Gasteiger partial charge in [-0.2, -0.15) is 12.7 Å². The molecule has 0 aliphatic heterocycles. The zero-order chi connectivity index (χ0) is 23.2. The molecule has 6 nitrogen and oxygen atoms in total. The quantitative estimate of drug-likeness (QED) is 0.406. The minimum Gasteiger partial charge on any atom is -0.265 e. The van der Waals surface area contributed by atoms with E-state index in [9.17, 15) is 16.8 Å². The van der Waals surface area contributed by atoms with Gasteiger partial charge in [-0.25, -0.2) is 8.42 Å². The van der Waals surface area contributed by atoms with Crippen LogP contribution in [0.5, 0.6) is 0 Å². The van der Waals surface area contributed by atoms with Crippen LogP contribution in [0, 0.1) is 6.92 Å². The highest BCUT2D eigenvalue weighted by Crippen LogP contribution is 2.23. The van der Waals surface area contributed by atoms with Crippen molar-refractivity contribution in [1.29, 1.82) is 0 Å². The first-order chi connectivity index (χ1) is 15.2. The average molecular weight is 474 g/mol. The fraction of sp³-hybridized carbons (Fsp3) is 0.250. The molecule has 0 fully saturated rings. The Hall–Kier alpha value is -2.52. The third kappa shape index (κ3) is 5.83. The molecule has 0 saturated heterocycles. The van der Waals surface area contributed by atoms with Crippen molar-refractivity contribution in [1.82, 2.24) is 4.31 Å². The van der Waals surface area contributed by atoms with Crippen LogP contribution in [0.25, 0.3) is 11.1 Å². The molecule has 0 bridgehead atoms. The van der Waals surface area contributed by atoms with Crippen molar-refractivity contribution in [2.24, 2.45) is 0 Å². The molecule has 0 amide bonds. The molecule has 0 N–H and O–H groups in total. The van der Waals surface area contributed by atoms with Gasteiger partial charge in [0, 0.05) is 13.1 Å². The topological polar surface area (TPSA) is 80.8 Å². The Bertz CT molecular complexity index is 1220. The second-order valence-corrected chi connectivity index (χ2v) is 10.9. The van der Waals surface area contributed by atoms with E-state index in [0.29, 0.717) is 6.42 Å². The first kappa shape index (κ1) is 24.1. The third-order valence-corrected chi connectivity index (χ3v) is 8.20. The SMILES string of the molecule is CCCN(CCOS(=O)(=O)c1ccc(C)cc1)S(=O)(=O)c1ccc(-c2ccccc2)cc1. The van der Waals surface area contributed by atoms with Crippen LogP contribution in [-0.4, -0.2) is 40.8 Å². The summed E-state index contributed by atoms with van der Waals surface area (Å²) in [7, 11) is -7.75. The molecule has 0 spiro atoms. The molecule has 0 heterocycles. The van der Waals surface area contributed by atoms with E-state index >= 15 is 0 Å². The minimum absolute atomic E-state index is 0.0458. The Morgan fingerprint density at radius 2 is 1.28 bits per heavy atom. The second-order valence-electron chi connectivity index (χ2n) is 7.38. The van der Waals surface area contributed by atoms with E-state index in [0.717, 1.165) is 16.7 Å². The summed E-state index contributed by atoms with van der Waals surface area (Å²) in [4.78, 5) is 0.205. The number of aryl methyl sites for hydroxylation is 1. The lowest BCUT2D eigenvalue weighted by Crippen LogP contribution is -2.35. The predicted octanol–water partition coefficient (Wildman–Crippen LogP) is 4.47. The van der Waals surface area contributed by atoms with Gasteiger partial charge in [0.25, 0.3) is 10.1 Å². The lowest BCUT2D eigenvalue weighted by molar-refractivity contribution is 0.275. The highest BCUT2D eigenvalue weighted by Gasteiger charge is 2.25. The lowest BCUT2D eigenvalue weighted by Gasteiger charge is -2.21. The standard InChI is InChI=1S/C24H27NO5S2/c1-3-17-25(18-19-30-32(28,29)24-13-9-20(2)10-14-24)31(26,27)23-15-11-22(12-16-23)21-7-5-4-6-8-21/h4-16H,3,17-19H2,1-2H3. The first-order valence-corrected chi connectivity index (χ1v) is 13.2. The summed E-state index contributed by atoms with van der Waals surface area (Å²) < 4.78 is 57.4. The summed E-state index contributed by atoms with van der Waals surface area (Å²) >= 11 is 0. The summed E-state index contributed by atoms with van der Waals surface area (Å²) in [5, 5.41) is 0. The van der Waals surface area contributed by atoms with Crippen LogP contribution in [0.15, 0.2) is 88.7 Å². The van der Waals surface area contributed by atoms with E-state index in [4.69, 9.17) is 4.18 Å². The molecule has 3 aromatic rings. The number of benzene rings is 3. The van der Waals surface area contributed by atoms with E-state index in [1.54, 1.807) is 36.4 Å². The number of nitrogens with zero attached hydrogens (tertiary/aromatic N) is 1. The van der Waals surface area contributed by atoms with E-state index in [-0.39, 0.29) is 29.5 Å². The summed E-state index contributed by atoms with van der Waals surface area (Å²) in [6.45, 7) is 3.65. The number of rotatable bonds is 10. The highest BCUT2D eigenvalue weighted by atomic mass is 32.2. The molecule has 0 unspecified atom stereocenters. The van der Waals surface area contributed by atoms with Crippen molar-refractivity contribution >= 4 is 20.1 Å². The molecule has 0 aromatic heterocycles. The zero-order valence-electron chi connectivity index (χ0n) is 18.1. The second kappa shape index (κ2) is 10.4. The van der Waals surface area contributed by atoms with Gasteiger partial charge in [0.15, 0.2) is 0 Å². The van der Waals surface area contributed by atoms with Crippen LogP contribution in [0.4, 0.5) is 0 Å². The van der Waals surface area contributed by atoms with Crippen molar-refractivity contribution in [2.75, 3.05) is 19.7 Å². The van der Waals surface area contributed by atoms with Gasteiger partial charge in [0.1, 0.15) is 0 Å². The monoisotopic (exact) mass is 473 g/mol. The van der Waals surface area contributed by atoms with Gasteiger partial charge in [0.05, 0.1) is 16.4 Å². The van der Waals surface area contributed by atoms with Crippen molar-refractivity contribution in [2.45, 2.75) is 30.1 Å². The third-order valence-electron chi connectivity index (χ3n) is 4.96. The van der Waals surface area contributed by atoms with Crippen LogP contribution in [0.1, 0.15) is 18.9 Å². The summed E-state index contributed by atoms with van der Waals surface area (Å²) in [6.07, 6.45) is 0.589. The fourth-order valence-corrected chi connectivity index (χ4v) is 5.64. The van der Waals surface area contributed by atoms with Gasteiger partial charge in [-0.15, -0.1) is 0 Å². The maximum atomic E-state index is 13.2. The van der Waals surface area contributed by atoms with E-state index in [2.05, 4.69) is 0 Å². The molecule has 0 saturated carbocycles. The van der Waals surface area contributed by atoms with Crippen LogP contribution < -0.4 is 0 Å². The molecule has 3 aromatic carbocycles.